The minimum atomic E-state index is 0.713. The summed E-state index contributed by atoms with van der Waals surface area (Å²) in [6, 6.07) is 2.30. The molecule has 1 saturated carbocycles. The molecule has 0 aromatic carbocycles. The van der Waals surface area contributed by atoms with E-state index in [1.807, 2.05) is 0 Å². The van der Waals surface area contributed by atoms with Crippen molar-refractivity contribution < 1.29 is 0 Å². The fourth-order valence-corrected chi connectivity index (χ4v) is 3.66. The average Bonchev–Trinajstić information content (AvgIpc) is 2.39. The van der Waals surface area contributed by atoms with Crippen molar-refractivity contribution in [3.63, 3.8) is 0 Å². The van der Waals surface area contributed by atoms with Gasteiger partial charge < -0.3 is 5.32 Å². The van der Waals surface area contributed by atoms with E-state index >= 15 is 0 Å². The van der Waals surface area contributed by atoms with Gasteiger partial charge in [0.05, 0.1) is 0 Å². The first-order chi connectivity index (χ1) is 8.61. The maximum Gasteiger partial charge on any atom is 0.0221 e. The topological polar surface area (TPSA) is 15.3 Å². The van der Waals surface area contributed by atoms with E-state index in [-0.39, 0.29) is 0 Å². The molecular weight excluding hydrogens is 220 g/mol. The van der Waals surface area contributed by atoms with Gasteiger partial charge in [0.2, 0.25) is 0 Å². The Morgan fingerprint density at radius 2 is 1.83 bits per heavy atom. The molecule has 1 N–H and O–H groups in total. The van der Waals surface area contributed by atoms with Crippen molar-refractivity contribution in [2.75, 3.05) is 13.1 Å². The van der Waals surface area contributed by atoms with Crippen LogP contribution < -0.4 is 5.32 Å². The van der Waals surface area contributed by atoms with Crippen molar-refractivity contribution in [1.29, 1.82) is 0 Å². The first kappa shape index (κ1) is 14.3. The predicted molar refractivity (Wildman–Crippen MR) is 78.8 cm³/mol. The SMILES string of the molecule is CCC(C)C1CN(C2CCC(C)CC2)C(C)CN1. The molecule has 2 heteroatoms. The molecule has 0 aromatic rings. The van der Waals surface area contributed by atoms with Crippen molar-refractivity contribution >= 4 is 0 Å². The van der Waals surface area contributed by atoms with Gasteiger partial charge in [-0.25, -0.2) is 0 Å². The van der Waals surface area contributed by atoms with Gasteiger partial charge in [-0.1, -0.05) is 27.2 Å². The number of hydrogen-bond donors (Lipinski definition) is 1. The van der Waals surface area contributed by atoms with E-state index in [1.54, 1.807) is 0 Å². The summed E-state index contributed by atoms with van der Waals surface area (Å²) in [5.41, 5.74) is 0. The highest BCUT2D eigenvalue weighted by molar-refractivity contribution is 4.91. The molecule has 3 atom stereocenters. The Morgan fingerprint density at radius 1 is 1.17 bits per heavy atom. The summed E-state index contributed by atoms with van der Waals surface area (Å²) >= 11 is 0. The Balaban J connectivity index is 1.93. The molecule has 18 heavy (non-hydrogen) atoms. The number of rotatable bonds is 3. The molecule has 0 spiro atoms. The van der Waals surface area contributed by atoms with E-state index in [2.05, 4.69) is 37.9 Å². The van der Waals surface area contributed by atoms with Crippen LogP contribution >= 0.6 is 0 Å². The first-order valence-electron chi connectivity index (χ1n) is 8.11. The van der Waals surface area contributed by atoms with Gasteiger partial charge in [0, 0.05) is 31.2 Å². The van der Waals surface area contributed by atoms with Crippen LogP contribution in [0.4, 0.5) is 0 Å². The highest BCUT2D eigenvalue weighted by atomic mass is 15.3. The lowest BCUT2D eigenvalue weighted by Gasteiger charge is -2.46. The van der Waals surface area contributed by atoms with Gasteiger partial charge in [-0.2, -0.15) is 0 Å². The first-order valence-corrected chi connectivity index (χ1v) is 8.11. The van der Waals surface area contributed by atoms with Gasteiger partial charge in [0.25, 0.3) is 0 Å². The number of nitrogens with one attached hydrogen (secondary N) is 1. The van der Waals surface area contributed by atoms with E-state index in [4.69, 9.17) is 0 Å². The maximum atomic E-state index is 3.76. The lowest BCUT2D eigenvalue weighted by atomic mass is 9.85. The van der Waals surface area contributed by atoms with E-state index in [0.29, 0.717) is 6.04 Å². The fourth-order valence-electron chi connectivity index (χ4n) is 3.66. The Morgan fingerprint density at radius 3 is 2.44 bits per heavy atom. The quantitative estimate of drug-likeness (QED) is 0.829. The van der Waals surface area contributed by atoms with Crippen LogP contribution in [-0.2, 0) is 0 Å². The molecule has 0 aromatic heterocycles. The minimum Gasteiger partial charge on any atom is -0.311 e. The van der Waals surface area contributed by atoms with Crippen LogP contribution in [0.5, 0.6) is 0 Å². The van der Waals surface area contributed by atoms with E-state index < -0.39 is 0 Å². The zero-order chi connectivity index (χ0) is 13.1. The molecule has 3 unspecified atom stereocenters. The Bertz CT molecular complexity index is 245. The van der Waals surface area contributed by atoms with Crippen molar-refractivity contribution in [2.24, 2.45) is 11.8 Å². The molecule has 2 aliphatic rings. The molecule has 0 radical (unpaired) electrons. The van der Waals surface area contributed by atoms with Gasteiger partial charge >= 0.3 is 0 Å². The molecule has 2 rings (SSSR count). The molecule has 1 aliphatic heterocycles. The maximum absolute atomic E-state index is 3.76. The molecule has 0 amide bonds. The molecular formula is C16H32N2. The second-order valence-electron chi connectivity index (χ2n) is 6.86. The summed E-state index contributed by atoms with van der Waals surface area (Å²) in [7, 11) is 0. The van der Waals surface area contributed by atoms with Gasteiger partial charge in [-0.05, 0) is 44.4 Å². The predicted octanol–water partition coefficient (Wildman–Crippen LogP) is 3.27. The average molecular weight is 252 g/mol. The lowest BCUT2D eigenvalue weighted by molar-refractivity contribution is 0.0506. The van der Waals surface area contributed by atoms with E-state index in [0.717, 1.165) is 23.9 Å². The third-order valence-electron chi connectivity index (χ3n) is 5.43. The number of piperazine rings is 1. The summed E-state index contributed by atoms with van der Waals surface area (Å²) in [6.45, 7) is 12.0. The molecule has 1 aliphatic carbocycles. The third kappa shape index (κ3) is 3.27. The zero-order valence-electron chi connectivity index (χ0n) is 12.8. The highest BCUT2D eigenvalue weighted by Crippen LogP contribution is 2.29. The monoisotopic (exact) mass is 252 g/mol. The molecule has 106 valence electrons. The Hall–Kier alpha value is -0.0800. The van der Waals surface area contributed by atoms with E-state index in [1.165, 1.54) is 45.2 Å². The summed E-state index contributed by atoms with van der Waals surface area (Å²) in [5.74, 6) is 1.77. The van der Waals surface area contributed by atoms with Crippen LogP contribution in [0.2, 0.25) is 0 Å². The van der Waals surface area contributed by atoms with Crippen molar-refractivity contribution in [1.82, 2.24) is 10.2 Å². The summed E-state index contributed by atoms with van der Waals surface area (Å²) in [6.07, 6.45) is 7.03. The van der Waals surface area contributed by atoms with Crippen molar-refractivity contribution in [3.8, 4) is 0 Å². The second kappa shape index (κ2) is 6.38. The number of nitrogens with zero attached hydrogens (tertiary/aromatic N) is 1. The minimum absolute atomic E-state index is 0.713. The van der Waals surface area contributed by atoms with Gasteiger partial charge in [0.15, 0.2) is 0 Å². The van der Waals surface area contributed by atoms with Crippen LogP contribution in [0, 0.1) is 11.8 Å². The van der Waals surface area contributed by atoms with Crippen LogP contribution in [0.3, 0.4) is 0 Å². The van der Waals surface area contributed by atoms with Gasteiger partial charge in [-0.15, -0.1) is 0 Å². The van der Waals surface area contributed by atoms with Crippen LogP contribution in [0.15, 0.2) is 0 Å². The Labute approximate surface area is 114 Å². The summed E-state index contributed by atoms with van der Waals surface area (Å²) < 4.78 is 0. The molecule has 0 bridgehead atoms. The normalized spacial score (nSPS) is 40.7. The number of hydrogen-bond acceptors (Lipinski definition) is 2. The lowest BCUT2D eigenvalue weighted by Crippen LogP contribution is -2.60. The molecule has 1 heterocycles. The molecule has 2 fully saturated rings. The van der Waals surface area contributed by atoms with Crippen LogP contribution in [-0.4, -0.2) is 36.1 Å². The van der Waals surface area contributed by atoms with Crippen molar-refractivity contribution in [3.05, 3.63) is 0 Å². The third-order valence-corrected chi connectivity index (χ3v) is 5.43. The van der Waals surface area contributed by atoms with E-state index in [9.17, 15) is 0 Å². The smallest absolute Gasteiger partial charge is 0.0221 e. The summed E-state index contributed by atoms with van der Waals surface area (Å²) in [4.78, 5) is 2.82. The van der Waals surface area contributed by atoms with Crippen molar-refractivity contribution in [2.45, 2.75) is 77.9 Å². The second-order valence-corrected chi connectivity index (χ2v) is 6.86. The highest BCUT2D eigenvalue weighted by Gasteiger charge is 2.33. The summed E-state index contributed by atoms with van der Waals surface area (Å²) in [5, 5.41) is 3.76. The Kier molecular flexibility index (Phi) is 5.08. The van der Waals surface area contributed by atoms with Gasteiger partial charge in [-0.3, -0.25) is 4.90 Å². The van der Waals surface area contributed by atoms with Crippen LogP contribution in [0.1, 0.15) is 59.8 Å². The van der Waals surface area contributed by atoms with Crippen LogP contribution in [0.25, 0.3) is 0 Å². The largest absolute Gasteiger partial charge is 0.311 e. The molecule has 2 nitrogen and oxygen atoms in total. The molecule has 1 saturated heterocycles. The fraction of sp³-hybridized carbons (Fsp3) is 1.00. The zero-order valence-corrected chi connectivity index (χ0v) is 12.8. The van der Waals surface area contributed by atoms with Gasteiger partial charge in [0.1, 0.15) is 0 Å². The standard InChI is InChI=1S/C16H32N2/c1-5-13(3)16-11-18(14(4)10-17-16)15-8-6-12(2)7-9-15/h12-17H,5-11H2,1-4H3.